The Bertz CT molecular complexity index is 260. The van der Waals surface area contributed by atoms with E-state index in [1.54, 1.807) is 16.7 Å². The molecule has 2 heterocycles. The monoisotopic (exact) mass is 265 g/mol. The Hall–Kier alpha value is -0.230. The second kappa shape index (κ2) is 3.49. The fourth-order valence-electron chi connectivity index (χ4n) is 1.65. The van der Waals surface area contributed by atoms with E-state index >= 15 is 0 Å². The van der Waals surface area contributed by atoms with Gasteiger partial charge in [-0.2, -0.15) is 0 Å². The fourth-order valence-corrected chi connectivity index (χ4v) is 3.19. The lowest BCUT2D eigenvalue weighted by atomic mass is 10.1. The minimum absolute atomic E-state index is 0.0556. The molecule has 2 aliphatic rings. The molecule has 6 heteroatoms. The number of hydrogen-bond donors (Lipinski definition) is 0. The number of rotatable bonds is 1. The molecule has 72 valence electrons. The van der Waals surface area contributed by atoms with Gasteiger partial charge in [0.2, 0.25) is 5.91 Å². The van der Waals surface area contributed by atoms with Crippen LogP contribution < -0.4 is 0 Å². The number of thioether (sulfide) groups is 1. The molecule has 1 amide bonds. The Morgan fingerprint density at radius 1 is 1.69 bits per heavy atom. The summed E-state index contributed by atoms with van der Waals surface area (Å²) in [6.07, 6.45) is 1.26. The van der Waals surface area contributed by atoms with Gasteiger partial charge in [0.05, 0.1) is 11.8 Å². The van der Waals surface area contributed by atoms with Crippen LogP contribution in [0.2, 0.25) is 0 Å². The van der Waals surface area contributed by atoms with Crippen LogP contribution in [0.25, 0.3) is 0 Å². The van der Waals surface area contributed by atoms with Gasteiger partial charge in [-0.15, -0.1) is 11.8 Å². The van der Waals surface area contributed by atoms with Crippen molar-refractivity contribution in [1.29, 1.82) is 0 Å². The molecule has 0 N–H and O–H groups in total. The van der Waals surface area contributed by atoms with Crippen LogP contribution in [-0.2, 0) is 13.4 Å². The molecule has 2 saturated heterocycles. The number of fused-ring (bicyclic) bond motifs is 1. The highest BCUT2D eigenvalue weighted by Gasteiger charge is 2.47. The number of hydrogen-bond acceptors (Lipinski definition) is 4. The van der Waals surface area contributed by atoms with E-state index in [4.69, 9.17) is 0 Å². The maximum absolute atomic E-state index is 11.2. The summed E-state index contributed by atoms with van der Waals surface area (Å²) in [4.78, 5) is 24.0. The van der Waals surface area contributed by atoms with Crippen molar-refractivity contribution in [2.45, 2.75) is 24.3 Å². The van der Waals surface area contributed by atoms with E-state index in [1.807, 2.05) is 0 Å². The second-order valence-corrected chi connectivity index (χ2v) is 4.64. The van der Waals surface area contributed by atoms with Crippen molar-refractivity contribution < 1.29 is 13.4 Å². The number of halogens is 1. The molecule has 0 aromatic carbocycles. The molecule has 2 fully saturated rings. The molecule has 1 unspecified atom stereocenters. The van der Waals surface area contributed by atoms with Crippen LogP contribution in [0.4, 0.5) is 0 Å². The summed E-state index contributed by atoms with van der Waals surface area (Å²) in [7, 11) is 0. The Kier molecular flexibility index (Phi) is 2.51. The highest BCUT2D eigenvalue weighted by Crippen LogP contribution is 2.37. The van der Waals surface area contributed by atoms with Crippen molar-refractivity contribution in [3.05, 3.63) is 0 Å². The average molecular weight is 266 g/mol. The van der Waals surface area contributed by atoms with Crippen molar-refractivity contribution >= 4 is 39.9 Å². The summed E-state index contributed by atoms with van der Waals surface area (Å²) in [6, 6.07) is -0.369. The summed E-state index contributed by atoms with van der Waals surface area (Å²) in [5, 5.41) is 0.206. The van der Waals surface area contributed by atoms with Gasteiger partial charge >= 0.3 is 5.97 Å². The van der Waals surface area contributed by atoms with Gasteiger partial charge in [0.15, 0.2) is 16.3 Å². The Balaban J connectivity index is 2.09. The number of carbonyl (C=O) groups excluding carboxylic acids is 2. The first-order chi connectivity index (χ1) is 6.24. The molecular formula is C7H8BrNO3S. The molecule has 13 heavy (non-hydrogen) atoms. The summed E-state index contributed by atoms with van der Waals surface area (Å²) in [6.45, 7) is 0. The van der Waals surface area contributed by atoms with Gasteiger partial charge in [-0.25, -0.2) is 4.79 Å². The fraction of sp³-hybridized carbons (Fsp3) is 0.714. The Labute approximate surface area is 88.4 Å². The lowest BCUT2D eigenvalue weighted by Gasteiger charge is -2.46. The van der Waals surface area contributed by atoms with Gasteiger partial charge in [0, 0.05) is 0 Å². The quantitative estimate of drug-likeness (QED) is 0.662. The number of nitrogens with zero attached hydrogens (tertiary/aromatic N) is 1. The van der Waals surface area contributed by atoms with Crippen LogP contribution in [-0.4, -0.2) is 33.9 Å². The zero-order valence-electron chi connectivity index (χ0n) is 6.73. The maximum atomic E-state index is 11.2. The minimum Gasteiger partial charge on any atom is -0.382 e. The van der Waals surface area contributed by atoms with E-state index in [-0.39, 0.29) is 23.3 Å². The van der Waals surface area contributed by atoms with Crippen molar-refractivity contribution in [2.75, 3.05) is 5.75 Å². The second-order valence-electron chi connectivity index (χ2n) is 3.03. The standard InChI is InChI=1S/C7H8BrNO3S/c8-12-7(11)4-1-2-13-6-3-5(10)9(4)6/h4,6H,1-3H2/t4?,6-/m1/s1. The van der Waals surface area contributed by atoms with E-state index < -0.39 is 0 Å². The first-order valence-corrected chi connectivity index (χ1v) is 5.69. The van der Waals surface area contributed by atoms with Gasteiger partial charge in [-0.05, 0) is 12.2 Å². The molecule has 0 bridgehead atoms. The van der Waals surface area contributed by atoms with Crippen LogP contribution in [0, 0.1) is 0 Å². The van der Waals surface area contributed by atoms with E-state index in [1.165, 1.54) is 0 Å². The van der Waals surface area contributed by atoms with Crippen LogP contribution >= 0.6 is 28.0 Å². The topological polar surface area (TPSA) is 46.6 Å². The van der Waals surface area contributed by atoms with Crippen LogP contribution in [0.15, 0.2) is 0 Å². The first kappa shape index (κ1) is 9.33. The molecule has 2 aliphatic heterocycles. The number of amides is 1. The van der Waals surface area contributed by atoms with Gasteiger partial charge in [-0.3, -0.25) is 4.79 Å². The predicted octanol–water partition coefficient (Wildman–Crippen LogP) is 0.903. The lowest BCUT2D eigenvalue weighted by molar-refractivity contribution is -0.155. The third-order valence-corrected chi connectivity index (χ3v) is 3.90. The minimum atomic E-state index is -0.369. The van der Waals surface area contributed by atoms with E-state index in [2.05, 4.69) is 20.1 Å². The smallest absolute Gasteiger partial charge is 0.340 e. The van der Waals surface area contributed by atoms with E-state index in [0.717, 1.165) is 5.75 Å². The first-order valence-electron chi connectivity index (χ1n) is 3.99. The zero-order valence-corrected chi connectivity index (χ0v) is 9.14. The Morgan fingerprint density at radius 2 is 2.46 bits per heavy atom. The molecule has 0 spiro atoms. The average Bonchev–Trinajstić information content (AvgIpc) is 2.14. The van der Waals surface area contributed by atoms with E-state index in [0.29, 0.717) is 12.8 Å². The van der Waals surface area contributed by atoms with Gasteiger partial charge < -0.3 is 8.73 Å². The lowest BCUT2D eigenvalue weighted by Crippen LogP contribution is -2.60. The molecule has 0 radical (unpaired) electrons. The van der Waals surface area contributed by atoms with Gasteiger partial charge in [0.1, 0.15) is 6.04 Å². The van der Waals surface area contributed by atoms with Gasteiger partial charge in [-0.1, -0.05) is 0 Å². The number of β-lactam (4-membered cyclic amide) rings is 1. The van der Waals surface area contributed by atoms with Crippen LogP contribution in [0.1, 0.15) is 12.8 Å². The maximum Gasteiger partial charge on any atom is 0.340 e. The van der Waals surface area contributed by atoms with Crippen molar-refractivity contribution in [3.8, 4) is 0 Å². The van der Waals surface area contributed by atoms with Crippen LogP contribution in [0.5, 0.6) is 0 Å². The summed E-state index contributed by atoms with van der Waals surface area (Å²) < 4.78 is 4.46. The highest BCUT2D eigenvalue weighted by molar-refractivity contribution is 9.06. The van der Waals surface area contributed by atoms with Crippen molar-refractivity contribution in [1.82, 2.24) is 4.90 Å². The number of carbonyl (C=O) groups is 2. The zero-order chi connectivity index (χ0) is 9.42. The van der Waals surface area contributed by atoms with Gasteiger partial charge in [0.25, 0.3) is 0 Å². The molecule has 0 saturated carbocycles. The van der Waals surface area contributed by atoms with E-state index in [9.17, 15) is 9.59 Å². The molecule has 0 aliphatic carbocycles. The summed E-state index contributed by atoms with van der Waals surface area (Å²) >= 11 is 4.38. The SMILES string of the molecule is O=C(OBr)C1CCS[C@@H]2CC(=O)N12. The molecule has 0 aromatic rings. The predicted molar refractivity (Wildman–Crippen MR) is 51.1 cm³/mol. The third kappa shape index (κ3) is 1.46. The summed E-state index contributed by atoms with van der Waals surface area (Å²) in [5.74, 6) is 0.611. The highest BCUT2D eigenvalue weighted by atomic mass is 79.9. The molecular weight excluding hydrogens is 258 g/mol. The molecule has 2 atom stereocenters. The Morgan fingerprint density at radius 3 is 3.08 bits per heavy atom. The molecule has 4 nitrogen and oxygen atoms in total. The van der Waals surface area contributed by atoms with Crippen LogP contribution in [0.3, 0.4) is 0 Å². The normalized spacial score (nSPS) is 32.1. The largest absolute Gasteiger partial charge is 0.382 e. The molecule has 0 aromatic heterocycles. The van der Waals surface area contributed by atoms with Crippen molar-refractivity contribution in [3.63, 3.8) is 0 Å². The van der Waals surface area contributed by atoms with Crippen molar-refractivity contribution in [2.24, 2.45) is 0 Å². The molecule has 2 rings (SSSR count). The third-order valence-electron chi connectivity index (χ3n) is 2.33. The summed E-state index contributed by atoms with van der Waals surface area (Å²) in [5.41, 5.74) is 0.